The molecule has 0 unspecified atom stereocenters. The highest BCUT2D eigenvalue weighted by molar-refractivity contribution is 6.30. The second-order valence-corrected chi connectivity index (χ2v) is 3.71. The van der Waals surface area contributed by atoms with Crippen molar-refractivity contribution in [1.29, 1.82) is 0 Å². The van der Waals surface area contributed by atoms with E-state index < -0.39 is 0 Å². The van der Waals surface area contributed by atoms with Gasteiger partial charge >= 0.3 is 5.97 Å². The van der Waals surface area contributed by atoms with Crippen LogP contribution in [0.1, 0.15) is 18.1 Å². The Morgan fingerprint density at radius 1 is 1.53 bits per heavy atom. The molecular weight excluding hydrogens is 214 g/mol. The van der Waals surface area contributed by atoms with Crippen molar-refractivity contribution >= 4 is 23.3 Å². The standard InChI is InChI=1S/C11H14ClNO2/c1-3-15-10(14)6-8-5-9(12)4-7(2)11(8)13/h4-5H,3,6,13H2,1-2H3. The highest BCUT2D eigenvalue weighted by atomic mass is 35.5. The monoisotopic (exact) mass is 227 g/mol. The average Bonchev–Trinajstić information content (AvgIpc) is 2.13. The Kier molecular flexibility index (Phi) is 3.97. The summed E-state index contributed by atoms with van der Waals surface area (Å²) in [7, 11) is 0. The van der Waals surface area contributed by atoms with E-state index in [0.717, 1.165) is 11.1 Å². The average molecular weight is 228 g/mol. The van der Waals surface area contributed by atoms with Gasteiger partial charge in [0.05, 0.1) is 13.0 Å². The maximum absolute atomic E-state index is 11.3. The van der Waals surface area contributed by atoms with Gasteiger partial charge in [-0.3, -0.25) is 4.79 Å². The third-order valence-corrected chi connectivity index (χ3v) is 2.30. The summed E-state index contributed by atoms with van der Waals surface area (Å²) < 4.78 is 4.84. The molecule has 0 saturated carbocycles. The van der Waals surface area contributed by atoms with Crippen molar-refractivity contribution in [3.8, 4) is 0 Å². The number of halogens is 1. The Labute approximate surface area is 94.2 Å². The van der Waals surface area contributed by atoms with E-state index >= 15 is 0 Å². The van der Waals surface area contributed by atoms with Crippen LogP contribution in [-0.2, 0) is 16.0 Å². The molecule has 82 valence electrons. The van der Waals surface area contributed by atoms with Crippen LogP contribution < -0.4 is 5.73 Å². The summed E-state index contributed by atoms with van der Waals surface area (Å²) in [5, 5.41) is 0.584. The number of anilines is 1. The molecule has 0 spiro atoms. The molecule has 0 radical (unpaired) electrons. The van der Waals surface area contributed by atoms with Crippen LogP contribution in [0.25, 0.3) is 0 Å². The van der Waals surface area contributed by atoms with Crippen molar-refractivity contribution in [3.05, 3.63) is 28.3 Å². The zero-order valence-corrected chi connectivity index (χ0v) is 9.60. The Morgan fingerprint density at radius 2 is 2.20 bits per heavy atom. The summed E-state index contributed by atoms with van der Waals surface area (Å²) in [6, 6.07) is 3.46. The van der Waals surface area contributed by atoms with Crippen LogP contribution in [0.2, 0.25) is 5.02 Å². The highest BCUT2D eigenvalue weighted by Crippen LogP contribution is 2.23. The van der Waals surface area contributed by atoms with Crippen LogP contribution in [0, 0.1) is 6.92 Å². The predicted octanol–water partition coefficient (Wildman–Crippen LogP) is 2.34. The number of hydrogen-bond acceptors (Lipinski definition) is 3. The molecule has 1 rings (SSSR count). The number of benzene rings is 1. The van der Waals surface area contributed by atoms with Crippen molar-refractivity contribution < 1.29 is 9.53 Å². The summed E-state index contributed by atoms with van der Waals surface area (Å²) in [6.07, 6.45) is 0.168. The largest absolute Gasteiger partial charge is 0.466 e. The summed E-state index contributed by atoms with van der Waals surface area (Å²) in [5.74, 6) is -0.286. The van der Waals surface area contributed by atoms with Crippen LogP contribution in [0.4, 0.5) is 5.69 Å². The number of ether oxygens (including phenoxy) is 1. The zero-order valence-electron chi connectivity index (χ0n) is 8.84. The lowest BCUT2D eigenvalue weighted by Gasteiger charge is -2.08. The molecule has 0 saturated heterocycles. The molecule has 15 heavy (non-hydrogen) atoms. The summed E-state index contributed by atoms with van der Waals surface area (Å²) in [4.78, 5) is 11.3. The maximum Gasteiger partial charge on any atom is 0.310 e. The molecule has 0 aromatic heterocycles. The first kappa shape index (κ1) is 11.9. The lowest BCUT2D eigenvalue weighted by molar-refractivity contribution is -0.142. The fourth-order valence-electron chi connectivity index (χ4n) is 1.34. The van der Waals surface area contributed by atoms with Gasteiger partial charge in [-0.2, -0.15) is 0 Å². The van der Waals surface area contributed by atoms with Crippen molar-refractivity contribution in [2.75, 3.05) is 12.3 Å². The molecule has 0 aliphatic rings. The van der Waals surface area contributed by atoms with E-state index in [1.807, 2.05) is 6.92 Å². The van der Waals surface area contributed by atoms with Crippen LogP contribution >= 0.6 is 11.6 Å². The van der Waals surface area contributed by atoms with Gasteiger partial charge < -0.3 is 10.5 Å². The molecule has 0 heterocycles. The number of carbonyl (C=O) groups excluding carboxylic acids is 1. The molecule has 0 amide bonds. The van der Waals surface area contributed by atoms with Crippen LogP contribution in [-0.4, -0.2) is 12.6 Å². The SMILES string of the molecule is CCOC(=O)Cc1cc(Cl)cc(C)c1N. The molecule has 0 fully saturated rings. The van der Waals surface area contributed by atoms with Gasteiger partial charge in [0.25, 0.3) is 0 Å². The van der Waals surface area contributed by atoms with Gasteiger partial charge in [0.2, 0.25) is 0 Å². The first-order valence-corrected chi connectivity index (χ1v) is 5.12. The predicted molar refractivity (Wildman–Crippen MR) is 60.9 cm³/mol. The molecule has 1 aromatic carbocycles. The lowest BCUT2D eigenvalue weighted by atomic mass is 10.1. The van der Waals surface area contributed by atoms with Crippen LogP contribution in [0.15, 0.2) is 12.1 Å². The number of carbonyl (C=O) groups is 1. The van der Waals surface area contributed by atoms with E-state index in [9.17, 15) is 4.79 Å². The smallest absolute Gasteiger partial charge is 0.310 e. The quantitative estimate of drug-likeness (QED) is 0.637. The number of nitrogen functional groups attached to an aromatic ring is 1. The Balaban J connectivity index is 2.89. The fourth-order valence-corrected chi connectivity index (χ4v) is 1.63. The molecule has 1 aromatic rings. The van der Waals surface area contributed by atoms with Crippen LogP contribution in [0.3, 0.4) is 0 Å². The van der Waals surface area contributed by atoms with Crippen LogP contribution in [0.5, 0.6) is 0 Å². The zero-order chi connectivity index (χ0) is 11.4. The molecule has 3 nitrogen and oxygen atoms in total. The number of hydrogen-bond donors (Lipinski definition) is 1. The summed E-state index contributed by atoms with van der Waals surface area (Å²) in [5.41, 5.74) is 8.03. The second kappa shape index (κ2) is 5.03. The number of rotatable bonds is 3. The van der Waals surface area contributed by atoms with E-state index in [1.54, 1.807) is 19.1 Å². The van der Waals surface area contributed by atoms with Crippen molar-refractivity contribution in [1.82, 2.24) is 0 Å². The van der Waals surface area contributed by atoms with Gasteiger partial charge in [-0.25, -0.2) is 0 Å². The van der Waals surface area contributed by atoms with Crippen molar-refractivity contribution in [2.24, 2.45) is 0 Å². The molecule has 0 aliphatic carbocycles. The first-order valence-electron chi connectivity index (χ1n) is 4.74. The Morgan fingerprint density at radius 3 is 2.80 bits per heavy atom. The first-order chi connectivity index (χ1) is 7.04. The molecule has 0 aliphatic heterocycles. The van der Waals surface area contributed by atoms with Gasteiger partial charge in [0, 0.05) is 10.7 Å². The van der Waals surface area contributed by atoms with E-state index in [2.05, 4.69) is 0 Å². The third kappa shape index (κ3) is 3.13. The number of nitrogens with two attached hydrogens (primary N) is 1. The van der Waals surface area contributed by atoms with E-state index in [1.165, 1.54) is 0 Å². The van der Waals surface area contributed by atoms with Gasteiger partial charge in [0.1, 0.15) is 0 Å². The topological polar surface area (TPSA) is 52.3 Å². The number of aryl methyl sites for hydroxylation is 1. The van der Waals surface area contributed by atoms with Gasteiger partial charge in [-0.15, -0.1) is 0 Å². The maximum atomic E-state index is 11.3. The summed E-state index contributed by atoms with van der Waals surface area (Å²) >= 11 is 5.87. The van der Waals surface area contributed by atoms with Crippen molar-refractivity contribution in [2.45, 2.75) is 20.3 Å². The van der Waals surface area contributed by atoms with E-state index in [0.29, 0.717) is 17.3 Å². The third-order valence-electron chi connectivity index (χ3n) is 2.08. The van der Waals surface area contributed by atoms with Gasteiger partial charge in [-0.05, 0) is 37.1 Å². The van der Waals surface area contributed by atoms with E-state index in [-0.39, 0.29) is 12.4 Å². The number of esters is 1. The summed E-state index contributed by atoms with van der Waals surface area (Å²) in [6.45, 7) is 4.00. The van der Waals surface area contributed by atoms with Gasteiger partial charge in [-0.1, -0.05) is 11.6 Å². The Bertz CT molecular complexity index is 377. The molecular formula is C11H14ClNO2. The fraction of sp³-hybridized carbons (Fsp3) is 0.364. The second-order valence-electron chi connectivity index (χ2n) is 3.28. The minimum absolute atomic E-state index is 0.168. The molecule has 2 N–H and O–H groups in total. The van der Waals surface area contributed by atoms with Crippen molar-refractivity contribution in [3.63, 3.8) is 0 Å². The minimum Gasteiger partial charge on any atom is -0.466 e. The molecule has 0 atom stereocenters. The molecule has 4 heteroatoms. The molecule has 0 bridgehead atoms. The minimum atomic E-state index is -0.286. The Hall–Kier alpha value is -1.22. The van der Waals surface area contributed by atoms with Gasteiger partial charge in [0.15, 0.2) is 0 Å². The van der Waals surface area contributed by atoms with E-state index in [4.69, 9.17) is 22.1 Å². The lowest BCUT2D eigenvalue weighted by Crippen LogP contribution is -2.09. The normalized spacial score (nSPS) is 10.1. The highest BCUT2D eigenvalue weighted by Gasteiger charge is 2.09.